The monoisotopic (exact) mass is 225 g/mol. The molecule has 1 aliphatic carbocycles. The van der Waals surface area contributed by atoms with Gasteiger partial charge in [0.15, 0.2) is 0 Å². The summed E-state index contributed by atoms with van der Waals surface area (Å²) in [5.74, 6) is 0. The fourth-order valence-electron chi connectivity index (χ4n) is 1.77. The van der Waals surface area contributed by atoms with E-state index in [1.807, 2.05) is 17.5 Å². The van der Waals surface area contributed by atoms with Gasteiger partial charge in [-0.15, -0.1) is 11.3 Å². The van der Waals surface area contributed by atoms with Crippen LogP contribution in [0.5, 0.6) is 0 Å². The lowest BCUT2D eigenvalue weighted by atomic mass is 10.2. The largest absolute Gasteiger partial charge is 0.314 e. The Morgan fingerprint density at radius 3 is 2.80 bits per heavy atom. The van der Waals surface area contributed by atoms with Crippen LogP contribution in [0, 0.1) is 0 Å². The maximum absolute atomic E-state index is 4.49. The summed E-state index contributed by atoms with van der Waals surface area (Å²) in [4.78, 5) is 8.04. The summed E-state index contributed by atoms with van der Waals surface area (Å²) < 4.78 is 0. The zero-order chi connectivity index (χ0) is 10.9. The van der Waals surface area contributed by atoms with Gasteiger partial charge < -0.3 is 10.2 Å². The molecule has 0 aromatic carbocycles. The molecule has 0 aliphatic heterocycles. The second kappa shape index (κ2) is 4.20. The van der Waals surface area contributed by atoms with Crippen molar-refractivity contribution in [2.75, 3.05) is 21.1 Å². The molecule has 1 N–H and O–H groups in total. The van der Waals surface area contributed by atoms with E-state index in [-0.39, 0.29) is 0 Å². The van der Waals surface area contributed by atoms with Gasteiger partial charge in [-0.2, -0.15) is 0 Å². The average Bonchev–Trinajstić information content (AvgIpc) is 2.82. The first-order valence-corrected chi connectivity index (χ1v) is 6.22. The minimum Gasteiger partial charge on any atom is -0.314 e. The molecular formula is C11H19N3S. The van der Waals surface area contributed by atoms with Gasteiger partial charge in [-0.25, -0.2) is 4.98 Å². The summed E-state index contributed by atoms with van der Waals surface area (Å²) >= 11 is 1.85. The first-order valence-electron chi connectivity index (χ1n) is 5.41. The quantitative estimate of drug-likeness (QED) is 0.823. The van der Waals surface area contributed by atoms with Crippen molar-refractivity contribution in [3.05, 3.63) is 16.1 Å². The molecule has 0 amide bonds. The number of nitrogens with zero attached hydrogens (tertiary/aromatic N) is 2. The Balaban J connectivity index is 1.95. The van der Waals surface area contributed by atoms with E-state index in [0.717, 1.165) is 13.0 Å². The third-order valence-electron chi connectivity index (χ3n) is 2.95. The molecule has 0 saturated heterocycles. The lowest BCUT2D eigenvalue weighted by Gasteiger charge is -2.11. The fourth-order valence-corrected chi connectivity index (χ4v) is 2.95. The van der Waals surface area contributed by atoms with E-state index >= 15 is 0 Å². The van der Waals surface area contributed by atoms with Crippen LogP contribution >= 0.6 is 11.3 Å². The van der Waals surface area contributed by atoms with Gasteiger partial charge >= 0.3 is 0 Å². The number of thiazole rings is 1. The Morgan fingerprint density at radius 2 is 2.27 bits per heavy atom. The van der Waals surface area contributed by atoms with Crippen molar-refractivity contribution >= 4 is 11.3 Å². The van der Waals surface area contributed by atoms with Crippen molar-refractivity contribution in [1.82, 2.24) is 15.2 Å². The lowest BCUT2D eigenvalue weighted by molar-refractivity contribution is 0.406. The third-order valence-corrected chi connectivity index (χ3v) is 3.93. The highest BCUT2D eigenvalue weighted by atomic mass is 32.1. The van der Waals surface area contributed by atoms with Gasteiger partial charge in [-0.1, -0.05) is 0 Å². The second-order valence-electron chi connectivity index (χ2n) is 4.67. The highest BCUT2D eigenvalue weighted by molar-refractivity contribution is 7.11. The molecule has 1 aliphatic rings. The molecule has 0 spiro atoms. The maximum Gasteiger partial charge on any atom is 0.0946 e. The zero-order valence-electron chi connectivity index (χ0n) is 9.71. The van der Waals surface area contributed by atoms with Crippen molar-refractivity contribution in [2.24, 2.45) is 0 Å². The van der Waals surface area contributed by atoms with Gasteiger partial charge in [-0.05, 0) is 34.0 Å². The van der Waals surface area contributed by atoms with Crippen LogP contribution in [0.3, 0.4) is 0 Å². The van der Waals surface area contributed by atoms with Crippen LogP contribution in [0.15, 0.2) is 6.20 Å². The van der Waals surface area contributed by atoms with E-state index in [2.05, 4.69) is 36.3 Å². The van der Waals surface area contributed by atoms with Crippen molar-refractivity contribution in [2.45, 2.75) is 31.3 Å². The SMILES string of the molecule is CNC1(Cc2ncc(CN(C)C)s2)CC1. The Morgan fingerprint density at radius 1 is 1.53 bits per heavy atom. The van der Waals surface area contributed by atoms with E-state index in [1.54, 1.807) is 0 Å². The van der Waals surface area contributed by atoms with Crippen molar-refractivity contribution < 1.29 is 0 Å². The normalized spacial score (nSPS) is 18.4. The van der Waals surface area contributed by atoms with Crippen LogP contribution in [0.25, 0.3) is 0 Å². The molecule has 0 bridgehead atoms. The number of likely N-dealkylation sites (N-methyl/N-ethyl adjacent to an activating group) is 1. The van der Waals surface area contributed by atoms with Crippen LogP contribution in [-0.4, -0.2) is 36.6 Å². The number of rotatable bonds is 5. The molecule has 2 rings (SSSR count). The second-order valence-corrected chi connectivity index (χ2v) is 5.86. The summed E-state index contributed by atoms with van der Waals surface area (Å²) in [5.41, 5.74) is 0.382. The van der Waals surface area contributed by atoms with Crippen LogP contribution in [0.2, 0.25) is 0 Å². The molecule has 1 aromatic rings. The Bertz CT molecular complexity index is 328. The molecule has 4 heteroatoms. The van der Waals surface area contributed by atoms with Gasteiger partial charge in [0.1, 0.15) is 0 Å². The smallest absolute Gasteiger partial charge is 0.0946 e. The molecule has 0 radical (unpaired) electrons. The minimum atomic E-state index is 0.382. The molecule has 84 valence electrons. The number of nitrogens with one attached hydrogen (secondary N) is 1. The van der Waals surface area contributed by atoms with E-state index in [0.29, 0.717) is 5.54 Å². The van der Waals surface area contributed by atoms with Gasteiger partial charge in [0.25, 0.3) is 0 Å². The fraction of sp³-hybridized carbons (Fsp3) is 0.727. The summed E-state index contributed by atoms with van der Waals surface area (Å²) in [6.07, 6.45) is 5.71. The van der Waals surface area contributed by atoms with E-state index in [1.165, 1.54) is 22.7 Å². The molecule has 1 heterocycles. The van der Waals surface area contributed by atoms with E-state index in [4.69, 9.17) is 0 Å². The zero-order valence-corrected chi connectivity index (χ0v) is 10.5. The van der Waals surface area contributed by atoms with Gasteiger partial charge in [0.2, 0.25) is 0 Å². The molecule has 1 aromatic heterocycles. The Kier molecular flexibility index (Phi) is 3.09. The van der Waals surface area contributed by atoms with Crippen LogP contribution in [-0.2, 0) is 13.0 Å². The summed E-state index contributed by atoms with van der Waals surface area (Å²) in [7, 11) is 6.24. The topological polar surface area (TPSA) is 28.2 Å². The standard InChI is InChI=1S/C11H19N3S/c1-12-11(4-5-11)6-10-13-7-9(15-10)8-14(2)3/h7,12H,4-6,8H2,1-3H3. The van der Waals surface area contributed by atoms with Gasteiger partial charge in [-0.3, -0.25) is 0 Å². The summed E-state index contributed by atoms with van der Waals surface area (Å²) in [5, 5.41) is 4.68. The van der Waals surface area contributed by atoms with Crippen molar-refractivity contribution in [3.63, 3.8) is 0 Å². The molecule has 1 fully saturated rings. The molecule has 0 unspecified atom stereocenters. The predicted octanol–water partition coefficient (Wildman–Crippen LogP) is 1.50. The van der Waals surface area contributed by atoms with Crippen molar-refractivity contribution in [3.8, 4) is 0 Å². The predicted molar refractivity (Wildman–Crippen MR) is 64.2 cm³/mol. The number of hydrogen-bond acceptors (Lipinski definition) is 4. The summed E-state index contributed by atoms with van der Waals surface area (Å²) in [6.45, 7) is 1.00. The highest BCUT2D eigenvalue weighted by Gasteiger charge is 2.41. The first kappa shape index (κ1) is 11.0. The van der Waals surface area contributed by atoms with Crippen molar-refractivity contribution in [1.29, 1.82) is 0 Å². The molecular weight excluding hydrogens is 206 g/mol. The third kappa shape index (κ3) is 2.77. The van der Waals surface area contributed by atoms with E-state index < -0.39 is 0 Å². The van der Waals surface area contributed by atoms with Crippen LogP contribution < -0.4 is 5.32 Å². The average molecular weight is 225 g/mol. The van der Waals surface area contributed by atoms with Gasteiger partial charge in [0, 0.05) is 29.6 Å². The minimum absolute atomic E-state index is 0.382. The van der Waals surface area contributed by atoms with Crippen LogP contribution in [0.1, 0.15) is 22.7 Å². The lowest BCUT2D eigenvalue weighted by Crippen LogP contribution is -2.29. The molecule has 3 nitrogen and oxygen atoms in total. The van der Waals surface area contributed by atoms with E-state index in [9.17, 15) is 0 Å². The number of hydrogen-bond donors (Lipinski definition) is 1. The maximum atomic E-state index is 4.49. The Labute approximate surface area is 95.5 Å². The highest BCUT2D eigenvalue weighted by Crippen LogP contribution is 2.38. The Hall–Kier alpha value is -0.450. The first-order chi connectivity index (χ1) is 7.13. The molecule has 15 heavy (non-hydrogen) atoms. The number of aromatic nitrogens is 1. The van der Waals surface area contributed by atoms with Gasteiger partial charge in [0.05, 0.1) is 5.01 Å². The van der Waals surface area contributed by atoms with Crippen LogP contribution in [0.4, 0.5) is 0 Å². The molecule has 0 atom stereocenters. The molecule has 1 saturated carbocycles. The summed E-state index contributed by atoms with van der Waals surface area (Å²) in [6, 6.07) is 0.